The topological polar surface area (TPSA) is 206 Å². The van der Waals surface area contributed by atoms with Crippen LogP contribution in [0.3, 0.4) is 0 Å². The van der Waals surface area contributed by atoms with Crippen LogP contribution in [0.2, 0.25) is 0 Å². The third-order valence-corrected chi connectivity index (χ3v) is 7.73. The zero-order chi connectivity index (χ0) is 35.5. The van der Waals surface area contributed by atoms with E-state index in [2.05, 4.69) is 21.3 Å². The zero-order valence-corrected chi connectivity index (χ0v) is 28.2. The summed E-state index contributed by atoms with van der Waals surface area (Å²) in [7, 11) is 0. The number of nitrogens with one attached hydrogen (secondary N) is 4. The molecule has 6 amide bonds. The second kappa shape index (κ2) is 21.4. The summed E-state index contributed by atoms with van der Waals surface area (Å²) >= 11 is 0. The number of hydrogen-bond acceptors (Lipinski definition) is 9. The summed E-state index contributed by atoms with van der Waals surface area (Å²) < 4.78 is 5.44. The first-order chi connectivity index (χ1) is 22.9. The van der Waals surface area contributed by atoms with E-state index < -0.39 is 29.8 Å². The zero-order valence-electron chi connectivity index (χ0n) is 28.2. The molecule has 48 heavy (non-hydrogen) atoms. The minimum Gasteiger partial charge on any atom is -0.379 e. The fourth-order valence-electron chi connectivity index (χ4n) is 5.03. The molecule has 0 aromatic heterocycles. The van der Waals surface area contributed by atoms with Crippen LogP contribution < -0.4 is 27.0 Å². The minimum atomic E-state index is -0.647. The lowest BCUT2D eigenvalue weighted by atomic mass is 9.89. The van der Waals surface area contributed by atoms with Gasteiger partial charge in [0.2, 0.25) is 11.8 Å². The number of aryl methyl sites for hydroxylation is 1. The summed E-state index contributed by atoms with van der Waals surface area (Å²) in [6, 6.07) is 6.25. The minimum absolute atomic E-state index is 0.00496. The first-order valence-electron chi connectivity index (χ1n) is 16.4. The largest absolute Gasteiger partial charge is 0.379 e. The molecule has 1 aromatic carbocycles. The molecule has 0 aliphatic carbocycles. The van der Waals surface area contributed by atoms with Crippen molar-refractivity contribution in [2.45, 2.75) is 71.8 Å². The Labute approximate surface area is 281 Å². The number of urea groups is 1. The van der Waals surface area contributed by atoms with Gasteiger partial charge in [0, 0.05) is 69.1 Å². The van der Waals surface area contributed by atoms with Gasteiger partial charge in [-0.1, -0.05) is 31.5 Å². The van der Waals surface area contributed by atoms with Crippen molar-refractivity contribution in [3.8, 4) is 0 Å². The van der Waals surface area contributed by atoms with Crippen molar-refractivity contribution < 1.29 is 38.3 Å². The van der Waals surface area contributed by atoms with Crippen LogP contribution in [0, 0.1) is 18.8 Å². The Hall–Kier alpha value is -4.43. The highest BCUT2D eigenvalue weighted by molar-refractivity contribution is 6.13. The number of amides is 6. The van der Waals surface area contributed by atoms with Gasteiger partial charge in [0.05, 0.1) is 19.3 Å². The monoisotopic (exact) mass is 670 g/mol. The third-order valence-electron chi connectivity index (χ3n) is 7.73. The van der Waals surface area contributed by atoms with Gasteiger partial charge < -0.3 is 31.7 Å². The predicted molar refractivity (Wildman–Crippen MR) is 180 cm³/mol. The number of hydrogen-bond donors (Lipinski definition) is 5. The summed E-state index contributed by atoms with van der Waals surface area (Å²) in [5.74, 6) is -2.17. The molecule has 14 heteroatoms. The van der Waals surface area contributed by atoms with Gasteiger partial charge in [-0.05, 0) is 50.8 Å². The van der Waals surface area contributed by atoms with Crippen LogP contribution in [0.15, 0.2) is 36.4 Å². The molecule has 264 valence electrons. The number of benzene rings is 1. The van der Waals surface area contributed by atoms with E-state index in [-0.39, 0.29) is 74.9 Å². The van der Waals surface area contributed by atoms with Crippen LogP contribution in [-0.2, 0) is 33.5 Å². The number of carbonyl (C=O) groups excluding carboxylic acids is 7. The maximum atomic E-state index is 13.4. The molecule has 0 saturated carbocycles. The summed E-state index contributed by atoms with van der Waals surface area (Å²) in [5, 5.41) is 11.3. The van der Waals surface area contributed by atoms with Crippen molar-refractivity contribution in [1.29, 1.82) is 0 Å². The Morgan fingerprint density at radius 1 is 0.854 bits per heavy atom. The van der Waals surface area contributed by atoms with Crippen LogP contribution in [0.1, 0.15) is 64.4 Å². The number of primary amides is 1. The van der Waals surface area contributed by atoms with Crippen LogP contribution in [0.25, 0.3) is 0 Å². The molecule has 0 fully saturated rings. The number of rotatable bonds is 24. The molecule has 1 aliphatic rings. The van der Waals surface area contributed by atoms with E-state index >= 15 is 0 Å². The smallest absolute Gasteiger partial charge is 0.312 e. The molecule has 2 rings (SSSR count). The Bertz CT molecular complexity index is 1280. The van der Waals surface area contributed by atoms with E-state index in [1.165, 1.54) is 12.2 Å². The SMILES string of the molecule is Cc1ccc(NC(=O)[C@H](CCCNC(N)=O)CC(=O)[C@@H](NCCCC(=O)CCOCCNC(=O)CCN2C(=O)C=CC2=O)C(C)C)cc1. The van der Waals surface area contributed by atoms with E-state index in [4.69, 9.17) is 10.5 Å². The highest BCUT2D eigenvalue weighted by Gasteiger charge is 2.28. The molecule has 1 aromatic rings. The van der Waals surface area contributed by atoms with Crippen molar-refractivity contribution in [2.24, 2.45) is 17.6 Å². The molecule has 1 aliphatic heterocycles. The molecule has 0 saturated heterocycles. The third kappa shape index (κ3) is 15.4. The summed E-state index contributed by atoms with van der Waals surface area (Å²) in [6.07, 6.45) is 4.27. The molecule has 1 heterocycles. The lowest BCUT2D eigenvalue weighted by Crippen LogP contribution is -2.43. The quantitative estimate of drug-likeness (QED) is 0.0801. The molecule has 0 spiro atoms. The fraction of sp³-hybridized carbons (Fsp3) is 0.559. The summed E-state index contributed by atoms with van der Waals surface area (Å²) in [6.45, 7) is 7.20. The molecule has 6 N–H and O–H groups in total. The number of ketones is 2. The number of imide groups is 1. The molecule has 0 bridgehead atoms. The molecule has 0 radical (unpaired) electrons. The van der Waals surface area contributed by atoms with Gasteiger partial charge in [-0.2, -0.15) is 0 Å². The van der Waals surface area contributed by atoms with Crippen LogP contribution >= 0.6 is 0 Å². The van der Waals surface area contributed by atoms with Gasteiger partial charge in [-0.3, -0.25) is 33.7 Å². The Balaban J connectivity index is 1.69. The average Bonchev–Trinajstić information content (AvgIpc) is 3.35. The van der Waals surface area contributed by atoms with Crippen LogP contribution in [0.4, 0.5) is 10.5 Å². The molecule has 2 atom stereocenters. The van der Waals surface area contributed by atoms with Crippen molar-refractivity contribution in [2.75, 3.05) is 44.7 Å². The Morgan fingerprint density at radius 3 is 2.19 bits per heavy atom. The molecule has 0 unspecified atom stereocenters. The van der Waals surface area contributed by atoms with Gasteiger partial charge >= 0.3 is 6.03 Å². The van der Waals surface area contributed by atoms with E-state index in [1.807, 2.05) is 32.9 Å². The average molecular weight is 671 g/mol. The lowest BCUT2D eigenvalue weighted by Gasteiger charge is -2.24. The maximum Gasteiger partial charge on any atom is 0.312 e. The van der Waals surface area contributed by atoms with Gasteiger partial charge in [0.1, 0.15) is 5.78 Å². The first-order valence-corrected chi connectivity index (χ1v) is 16.4. The lowest BCUT2D eigenvalue weighted by molar-refractivity contribution is -0.137. The van der Waals surface area contributed by atoms with Gasteiger partial charge in [0.25, 0.3) is 11.8 Å². The second-order valence-corrected chi connectivity index (χ2v) is 12.1. The van der Waals surface area contributed by atoms with Gasteiger partial charge in [-0.15, -0.1) is 0 Å². The van der Waals surface area contributed by atoms with Crippen LogP contribution in [-0.4, -0.2) is 91.6 Å². The normalized spacial score (nSPS) is 13.8. The number of anilines is 1. The fourth-order valence-corrected chi connectivity index (χ4v) is 5.03. The number of nitrogens with zero attached hydrogens (tertiary/aromatic N) is 1. The Kier molecular flexibility index (Phi) is 17.8. The molecular weight excluding hydrogens is 620 g/mol. The number of nitrogens with two attached hydrogens (primary N) is 1. The van der Waals surface area contributed by atoms with Crippen LogP contribution in [0.5, 0.6) is 0 Å². The molecule has 14 nitrogen and oxygen atoms in total. The predicted octanol–water partition coefficient (Wildman–Crippen LogP) is 1.76. The number of Topliss-reactive ketones (excluding diaryl/α,β-unsaturated/α-hetero) is 2. The van der Waals surface area contributed by atoms with E-state index in [0.29, 0.717) is 44.5 Å². The number of carbonyl (C=O) groups is 7. The van der Waals surface area contributed by atoms with Crippen molar-refractivity contribution in [1.82, 2.24) is 20.9 Å². The van der Waals surface area contributed by atoms with E-state index in [0.717, 1.165) is 10.5 Å². The molecular formula is C34H50N6O8. The summed E-state index contributed by atoms with van der Waals surface area (Å²) in [4.78, 5) is 85.9. The summed E-state index contributed by atoms with van der Waals surface area (Å²) in [5.41, 5.74) is 6.84. The standard InChI is InChI=1S/C34H50N6O8/c1-23(2)32(28(42)22-25(6-4-17-38-34(35)47)33(46)39-26-10-8-24(3)9-11-26)37-16-5-7-27(41)15-20-48-21-18-36-29(43)14-19-40-30(44)12-13-31(40)45/h8-13,23,25,32,37H,4-7,14-22H2,1-3H3,(H,36,43)(H,39,46)(H3,35,38,47)/t25-,32+/m1/s1. The highest BCUT2D eigenvalue weighted by atomic mass is 16.5. The maximum absolute atomic E-state index is 13.4. The van der Waals surface area contributed by atoms with E-state index in [9.17, 15) is 33.6 Å². The Morgan fingerprint density at radius 2 is 1.54 bits per heavy atom. The highest BCUT2D eigenvalue weighted by Crippen LogP contribution is 2.19. The van der Waals surface area contributed by atoms with Crippen molar-refractivity contribution >= 4 is 46.9 Å². The number of ether oxygens (including phenoxy) is 1. The second-order valence-electron chi connectivity index (χ2n) is 12.1. The van der Waals surface area contributed by atoms with Gasteiger partial charge in [0.15, 0.2) is 5.78 Å². The van der Waals surface area contributed by atoms with Crippen molar-refractivity contribution in [3.05, 3.63) is 42.0 Å². The first kappa shape index (κ1) is 39.7. The van der Waals surface area contributed by atoms with E-state index in [1.54, 1.807) is 12.1 Å². The van der Waals surface area contributed by atoms with Gasteiger partial charge in [-0.25, -0.2) is 4.79 Å². The van der Waals surface area contributed by atoms with Crippen molar-refractivity contribution in [3.63, 3.8) is 0 Å².